The van der Waals surface area contributed by atoms with Gasteiger partial charge in [-0.2, -0.15) is 0 Å². The molecular formula is C26H29N3O3. The fourth-order valence-electron chi connectivity index (χ4n) is 3.04. The number of ether oxygens (including phenoxy) is 1. The summed E-state index contributed by atoms with van der Waals surface area (Å²) in [7, 11) is 1.75. The first-order valence-electron chi connectivity index (χ1n) is 10.7. The van der Waals surface area contributed by atoms with Crippen LogP contribution in [0.5, 0.6) is 5.75 Å². The Morgan fingerprint density at radius 3 is 2.34 bits per heavy atom. The summed E-state index contributed by atoms with van der Waals surface area (Å²) in [6.07, 6.45) is 1.03. The van der Waals surface area contributed by atoms with Gasteiger partial charge >= 0.3 is 0 Å². The minimum absolute atomic E-state index is 0.0972. The van der Waals surface area contributed by atoms with Gasteiger partial charge in [-0.05, 0) is 61.9 Å². The molecule has 3 aromatic rings. The molecule has 0 aliphatic rings. The zero-order chi connectivity index (χ0) is 22.9. The van der Waals surface area contributed by atoms with E-state index in [0.29, 0.717) is 11.3 Å². The summed E-state index contributed by atoms with van der Waals surface area (Å²) in [5.74, 6) is 0.459. The molecule has 2 N–H and O–H groups in total. The first-order chi connectivity index (χ1) is 15.5. The van der Waals surface area contributed by atoms with Gasteiger partial charge in [0.15, 0.2) is 0 Å². The van der Waals surface area contributed by atoms with Crippen LogP contribution in [0.4, 0.5) is 17.1 Å². The third-order valence-electron chi connectivity index (χ3n) is 5.06. The number of carbonyl (C=O) groups excluding carboxylic acids is 2. The van der Waals surface area contributed by atoms with E-state index in [1.807, 2.05) is 61.5 Å². The number of benzene rings is 3. The lowest BCUT2D eigenvalue weighted by Crippen LogP contribution is -2.26. The predicted octanol–water partition coefficient (Wildman–Crippen LogP) is 5.19. The first-order valence-corrected chi connectivity index (χ1v) is 10.7. The van der Waals surface area contributed by atoms with Crippen molar-refractivity contribution in [2.75, 3.05) is 29.1 Å². The van der Waals surface area contributed by atoms with E-state index in [0.717, 1.165) is 23.5 Å². The normalized spacial score (nSPS) is 11.3. The minimum atomic E-state index is -0.172. The van der Waals surface area contributed by atoms with E-state index in [2.05, 4.69) is 17.6 Å². The Balaban J connectivity index is 1.52. The lowest BCUT2D eigenvalue weighted by Gasteiger charge is -2.17. The molecule has 32 heavy (non-hydrogen) atoms. The molecule has 0 spiro atoms. The zero-order valence-electron chi connectivity index (χ0n) is 18.7. The van der Waals surface area contributed by atoms with Crippen molar-refractivity contribution in [2.45, 2.75) is 26.4 Å². The van der Waals surface area contributed by atoms with Crippen LogP contribution >= 0.6 is 0 Å². The van der Waals surface area contributed by atoms with E-state index in [-0.39, 0.29) is 24.5 Å². The number of hydrogen-bond acceptors (Lipinski definition) is 4. The largest absolute Gasteiger partial charge is 0.491 e. The number of rotatable bonds is 9. The maximum atomic E-state index is 12.7. The number of anilines is 3. The summed E-state index contributed by atoms with van der Waals surface area (Å²) < 4.78 is 5.79. The van der Waals surface area contributed by atoms with E-state index in [9.17, 15) is 9.59 Å². The quantitative estimate of drug-likeness (QED) is 0.489. The molecule has 3 rings (SSSR count). The topological polar surface area (TPSA) is 70.7 Å². The van der Waals surface area contributed by atoms with Gasteiger partial charge in [0.2, 0.25) is 5.91 Å². The van der Waals surface area contributed by atoms with Crippen molar-refractivity contribution >= 4 is 28.9 Å². The number of nitrogens with zero attached hydrogens (tertiary/aromatic N) is 1. The van der Waals surface area contributed by atoms with E-state index in [1.54, 1.807) is 36.2 Å². The van der Waals surface area contributed by atoms with Gasteiger partial charge in [-0.25, -0.2) is 0 Å². The Bertz CT molecular complexity index is 1040. The highest BCUT2D eigenvalue weighted by molar-refractivity contribution is 6.05. The molecule has 1 unspecified atom stereocenters. The van der Waals surface area contributed by atoms with Crippen LogP contribution < -0.4 is 20.3 Å². The van der Waals surface area contributed by atoms with Gasteiger partial charge in [0.05, 0.1) is 12.6 Å². The molecule has 0 heterocycles. The Morgan fingerprint density at radius 1 is 0.938 bits per heavy atom. The number of para-hydroxylation sites is 1. The summed E-state index contributed by atoms with van der Waals surface area (Å²) in [5.41, 5.74) is 2.84. The number of nitrogens with one attached hydrogen (secondary N) is 2. The van der Waals surface area contributed by atoms with Crippen LogP contribution in [0.1, 0.15) is 30.6 Å². The van der Waals surface area contributed by atoms with E-state index < -0.39 is 0 Å². The molecule has 3 aromatic carbocycles. The molecule has 0 saturated heterocycles. The second-order valence-corrected chi connectivity index (χ2v) is 7.54. The van der Waals surface area contributed by atoms with Crippen LogP contribution in [0.3, 0.4) is 0 Å². The smallest absolute Gasteiger partial charge is 0.258 e. The summed E-state index contributed by atoms with van der Waals surface area (Å²) in [4.78, 5) is 26.6. The lowest BCUT2D eigenvalue weighted by molar-refractivity contribution is -0.114. The highest BCUT2D eigenvalue weighted by Crippen LogP contribution is 2.20. The van der Waals surface area contributed by atoms with E-state index >= 15 is 0 Å². The Kier molecular flexibility index (Phi) is 7.86. The Labute approximate surface area is 189 Å². The zero-order valence-corrected chi connectivity index (χ0v) is 18.7. The summed E-state index contributed by atoms with van der Waals surface area (Å²) in [6, 6.07) is 23.9. The van der Waals surface area contributed by atoms with Gasteiger partial charge in [0.1, 0.15) is 5.75 Å². The predicted molar refractivity (Wildman–Crippen MR) is 130 cm³/mol. The van der Waals surface area contributed by atoms with Crippen LogP contribution in [0.2, 0.25) is 0 Å². The van der Waals surface area contributed by atoms with Gasteiger partial charge in [-0.1, -0.05) is 31.2 Å². The highest BCUT2D eigenvalue weighted by Gasteiger charge is 2.13. The van der Waals surface area contributed by atoms with Crippen molar-refractivity contribution in [1.29, 1.82) is 0 Å². The van der Waals surface area contributed by atoms with Crippen molar-refractivity contribution in [3.05, 3.63) is 84.4 Å². The third-order valence-corrected chi connectivity index (χ3v) is 5.06. The van der Waals surface area contributed by atoms with E-state index in [4.69, 9.17) is 4.74 Å². The van der Waals surface area contributed by atoms with E-state index in [1.165, 1.54) is 0 Å². The van der Waals surface area contributed by atoms with Crippen LogP contribution in [-0.4, -0.2) is 31.5 Å². The summed E-state index contributed by atoms with van der Waals surface area (Å²) in [5, 5.41) is 5.94. The second kappa shape index (κ2) is 11.0. The Hall–Kier alpha value is -3.80. The molecule has 0 aromatic heterocycles. The fraction of sp³-hybridized carbons (Fsp3) is 0.231. The standard InChI is InChI=1S/C26H29N3O3/c1-4-19(2)32-24-12-8-9-22(17-24)28-25(30)18-27-21-15-13-20(14-16-21)26(31)29(3)23-10-6-5-7-11-23/h5-17,19,27H,4,18H2,1-3H3,(H,28,30). The van der Waals surface area contributed by atoms with Crippen molar-refractivity contribution in [3.63, 3.8) is 0 Å². The van der Waals surface area contributed by atoms with Crippen molar-refractivity contribution in [3.8, 4) is 5.75 Å². The van der Waals surface area contributed by atoms with Gasteiger partial charge in [0, 0.05) is 35.7 Å². The van der Waals surface area contributed by atoms with Crippen LogP contribution in [0.25, 0.3) is 0 Å². The lowest BCUT2D eigenvalue weighted by atomic mass is 10.1. The average molecular weight is 432 g/mol. The van der Waals surface area contributed by atoms with Crippen molar-refractivity contribution in [1.82, 2.24) is 0 Å². The summed E-state index contributed by atoms with van der Waals surface area (Å²) >= 11 is 0. The molecule has 0 saturated carbocycles. The minimum Gasteiger partial charge on any atom is -0.491 e. The van der Waals surface area contributed by atoms with Crippen LogP contribution in [0, 0.1) is 0 Å². The van der Waals surface area contributed by atoms with Crippen molar-refractivity contribution < 1.29 is 14.3 Å². The summed E-state index contributed by atoms with van der Waals surface area (Å²) in [6.45, 7) is 4.17. The fourth-order valence-corrected chi connectivity index (χ4v) is 3.04. The third kappa shape index (κ3) is 6.35. The molecule has 0 aliphatic heterocycles. The Morgan fingerprint density at radius 2 is 1.66 bits per heavy atom. The number of amides is 2. The molecular weight excluding hydrogens is 402 g/mol. The molecule has 6 nitrogen and oxygen atoms in total. The monoisotopic (exact) mass is 431 g/mol. The number of hydrogen-bond donors (Lipinski definition) is 2. The van der Waals surface area contributed by atoms with Gasteiger partial charge in [-0.15, -0.1) is 0 Å². The van der Waals surface area contributed by atoms with Gasteiger partial charge in [0.25, 0.3) is 5.91 Å². The first kappa shape index (κ1) is 22.9. The molecule has 1 atom stereocenters. The number of carbonyl (C=O) groups is 2. The molecule has 2 amide bonds. The van der Waals surface area contributed by atoms with Crippen LogP contribution in [-0.2, 0) is 4.79 Å². The van der Waals surface area contributed by atoms with Gasteiger partial charge < -0.3 is 20.3 Å². The highest BCUT2D eigenvalue weighted by atomic mass is 16.5. The second-order valence-electron chi connectivity index (χ2n) is 7.54. The maximum Gasteiger partial charge on any atom is 0.258 e. The molecule has 0 bridgehead atoms. The molecule has 0 radical (unpaired) electrons. The SMILES string of the molecule is CCC(C)Oc1cccc(NC(=O)CNc2ccc(C(=O)N(C)c3ccccc3)cc2)c1. The maximum absolute atomic E-state index is 12.7. The average Bonchev–Trinajstić information content (AvgIpc) is 2.83. The molecule has 0 fully saturated rings. The molecule has 166 valence electrons. The molecule has 6 heteroatoms. The van der Waals surface area contributed by atoms with Crippen molar-refractivity contribution in [2.24, 2.45) is 0 Å². The van der Waals surface area contributed by atoms with Gasteiger partial charge in [-0.3, -0.25) is 9.59 Å². The molecule has 0 aliphatic carbocycles. The van der Waals surface area contributed by atoms with Crippen LogP contribution in [0.15, 0.2) is 78.9 Å².